The maximum Gasteiger partial charge on any atom is 0.319 e. The molecule has 4 amide bonds. The number of hydrogen-bond donors (Lipinski definition) is 3. The summed E-state index contributed by atoms with van der Waals surface area (Å²) >= 11 is 0. The van der Waals surface area contributed by atoms with Gasteiger partial charge >= 0.3 is 12.1 Å². The fraction of sp³-hybridized carbons (Fsp3) is 0.409. The largest absolute Gasteiger partial charge is 0.354 e. The number of likely N-dealkylation sites (N-methyl/N-ethyl adjacent to an activating group) is 1. The minimum Gasteiger partial charge on any atom is -0.354 e. The van der Waals surface area contributed by atoms with Crippen LogP contribution in [0.15, 0.2) is 42.6 Å². The second-order valence-corrected chi connectivity index (χ2v) is 7.93. The van der Waals surface area contributed by atoms with Crippen molar-refractivity contribution in [3.05, 3.63) is 53.7 Å². The number of benzene rings is 1. The Hall–Kier alpha value is -3.33. The molecule has 31 heavy (non-hydrogen) atoms. The van der Waals surface area contributed by atoms with Crippen molar-refractivity contribution in [1.82, 2.24) is 25.4 Å². The lowest BCUT2D eigenvalue weighted by atomic mass is 10.1. The Labute approximate surface area is 182 Å². The highest BCUT2D eigenvalue weighted by Gasteiger charge is 2.20. The summed E-state index contributed by atoms with van der Waals surface area (Å²) in [6.07, 6.45) is 1.81. The number of carbonyl (C=O) groups is 2. The molecule has 1 aromatic heterocycles. The summed E-state index contributed by atoms with van der Waals surface area (Å²) in [6.45, 7) is 6.18. The van der Waals surface area contributed by atoms with E-state index < -0.39 is 0 Å². The van der Waals surface area contributed by atoms with Crippen LogP contribution >= 0.6 is 0 Å². The second-order valence-electron chi connectivity index (χ2n) is 7.93. The lowest BCUT2D eigenvalue weighted by Crippen LogP contribution is -2.44. The van der Waals surface area contributed by atoms with Gasteiger partial charge in [0.2, 0.25) is 0 Å². The van der Waals surface area contributed by atoms with E-state index in [9.17, 15) is 9.59 Å². The van der Waals surface area contributed by atoms with E-state index in [1.165, 1.54) is 0 Å². The Morgan fingerprint density at radius 1 is 1.10 bits per heavy atom. The standard InChI is InChI=1S/C22H29N7O2/c1-27-10-12-28(13-11-27)20-7-6-17(14-24-20)15-25-21(30)26-19-5-3-2-4-18(19)16-29-9-8-23-22(29)31/h2-7,14H,8-13,15-16H2,1H3,(H,23,31)(H2,25,26,30). The van der Waals surface area contributed by atoms with Crippen LogP contribution in [0.2, 0.25) is 0 Å². The summed E-state index contributed by atoms with van der Waals surface area (Å²) in [6, 6.07) is 11.2. The fourth-order valence-corrected chi connectivity index (χ4v) is 3.74. The quantitative estimate of drug-likeness (QED) is 0.658. The molecule has 2 saturated heterocycles. The van der Waals surface area contributed by atoms with Crippen LogP contribution in [0, 0.1) is 0 Å². The van der Waals surface area contributed by atoms with Crippen molar-refractivity contribution in [2.75, 3.05) is 56.5 Å². The summed E-state index contributed by atoms with van der Waals surface area (Å²) < 4.78 is 0. The number of nitrogens with zero attached hydrogens (tertiary/aromatic N) is 4. The van der Waals surface area contributed by atoms with Gasteiger partial charge in [0.05, 0.1) is 0 Å². The molecule has 4 rings (SSSR count). The van der Waals surface area contributed by atoms with Crippen LogP contribution in [0.5, 0.6) is 0 Å². The number of para-hydroxylation sites is 1. The lowest BCUT2D eigenvalue weighted by Gasteiger charge is -2.33. The van der Waals surface area contributed by atoms with Crippen LogP contribution in [0.25, 0.3) is 0 Å². The molecule has 3 heterocycles. The van der Waals surface area contributed by atoms with Gasteiger partial charge in [-0.3, -0.25) is 0 Å². The molecule has 164 valence electrons. The van der Waals surface area contributed by atoms with Gasteiger partial charge in [0.1, 0.15) is 5.82 Å². The number of aromatic nitrogens is 1. The number of amides is 4. The molecule has 0 radical (unpaired) electrons. The summed E-state index contributed by atoms with van der Waals surface area (Å²) in [5.41, 5.74) is 2.53. The molecule has 1 aromatic carbocycles. The highest BCUT2D eigenvalue weighted by molar-refractivity contribution is 5.90. The van der Waals surface area contributed by atoms with Crippen LogP contribution in [0.4, 0.5) is 21.1 Å². The third kappa shape index (κ3) is 5.43. The van der Waals surface area contributed by atoms with Gasteiger partial charge < -0.3 is 30.7 Å². The normalized spacial score (nSPS) is 16.9. The first-order valence-electron chi connectivity index (χ1n) is 10.6. The molecule has 9 nitrogen and oxygen atoms in total. The SMILES string of the molecule is CN1CCN(c2ccc(CNC(=O)Nc3ccccc3CN3CCNC3=O)cn2)CC1. The fourth-order valence-electron chi connectivity index (χ4n) is 3.74. The Morgan fingerprint density at radius 2 is 1.90 bits per heavy atom. The van der Waals surface area contributed by atoms with Crippen molar-refractivity contribution >= 4 is 23.6 Å². The highest BCUT2D eigenvalue weighted by Crippen LogP contribution is 2.18. The molecule has 2 fully saturated rings. The van der Waals surface area contributed by atoms with E-state index in [1.807, 2.05) is 42.6 Å². The second kappa shape index (κ2) is 9.65. The molecule has 0 saturated carbocycles. The molecule has 2 aliphatic heterocycles. The number of carbonyl (C=O) groups excluding carboxylic acids is 2. The van der Waals surface area contributed by atoms with Crippen LogP contribution in [-0.4, -0.2) is 73.2 Å². The first-order valence-corrected chi connectivity index (χ1v) is 10.6. The molecular weight excluding hydrogens is 394 g/mol. The van der Waals surface area contributed by atoms with Gasteiger partial charge in [-0.1, -0.05) is 24.3 Å². The Morgan fingerprint density at radius 3 is 2.61 bits per heavy atom. The molecule has 2 aliphatic rings. The zero-order valence-electron chi connectivity index (χ0n) is 17.8. The lowest BCUT2D eigenvalue weighted by molar-refractivity contribution is 0.215. The Balaban J connectivity index is 1.29. The van der Waals surface area contributed by atoms with Crippen molar-refractivity contribution in [3.63, 3.8) is 0 Å². The summed E-state index contributed by atoms with van der Waals surface area (Å²) in [5.74, 6) is 0.973. The number of piperazine rings is 1. The first kappa shape index (κ1) is 20.9. The average Bonchev–Trinajstić information content (AvgIpc) is 3.19. The van der Waals surface area contributed by atoms with Crippen molar-refractivity contribution < 1.29 is 9.59 Å². The van der Waals surface area contributed by atoms with E-state index >= 15 is 0 Å². The Bertz CT molecular complexity index is 910. The van der Waals surface area contributed by atoms with E-state index in [1.54, 1.807) is 4.90 Å². The molecule has 0 bridgehead atoms. The van der Waals surface area contributed by atoms with Gasteiger partial charge in [0.25, 0.3) is 0 Å². The third-order valence-electron chi connectivity index (χ3n) is 5.66. The van der Waals surface area contributed by atoms with Crippen molar-refractivity contribution in [2.45, 2.75) is 13.1 Å². The van der Waals surface area contributed by atoms with Crippen LogP contribution in [0.3, 0.4) is 0 Å². The van der Waals surface area contributed by atoms with Gasteiger partial charge in [0, 0.05) is 64.2 Å². The zero-order valence-corrected chi connectivity index (χ0v) is 17.8. The van der Waals surface area contributed by atoms with Gasteiger partial charge in [-0.25, -0.2) is 14.6 Å². The van der Waals surface area contributed by atoms with Crippen LogP contribution < -0.4 is 20.9 Å². The van der Waals surface area contributed by atoms with Crippen molar-refractivity contribution in [2.24, 2.45) is 0 Å². The first-order chi connectivity index (χ1) is 15.1. The molecule has 0 spiro atoms. The summed E-state index contributed by atoms with van der Waals surface area (Å²) in [5, 5.41) is 8.57. The predicted molar refractivity (Wildman–Crippen MR) is 120 cm³/mol. The minimum atomic E-state index is -0.290. The minimum absolute atomic E-state index is 0.0771. The van der Waals surface area contributed by atoms with Crippen LogP contribution in [-0.2, 0) is 13.1 Å². The van der Waals surface area contributed by atoms with Gasteiger partial charge in [-0.2, -0.15) is 0 Å². The molecular formula is C22H29N7O2. The molecule has 0 atom stereocenters. The highest BCUT2D eigenvalue weighted by atomic mass is 16.2. The number of rotatable bonds is 6. The number of anilines is 2. The molecule has 9 heteroatoms. The number of urea groups is 2. The number of nitrogens with one attached hydrogen (secondary N) is 3. The number of hydrogen-bond acceptors (Lipinski definition) is 5. The topological polar surface area (TPSA) is 92.8 Å². The zero-order chi connectivity index (χ0) is 21.6. The van der Waals surface area contributed by atoms with Gasteiger partial charge in [-0.05, 0) is 30.3 Å². The summed E-state index contributed by atoms with van der Waals surface area (Å²) in [7, 11) is 2.13. The van der Waals surface area contributed by atoms with Gasteiger partial charge in [0.15, 0.2) is 0 Å². The van der Waals surface area contributed by atoms with E-state index in [0.29, 0.717) is 31.9 Å². The summed E-state index contributed by atoms with van der Waals surface area (Å²) in [4.78, 5) is 35.1. The van der Waals surface area contributed by atoms with Gasteiger partial charge in [-0.15, -0.1) is 0 Å². The maximum atomic E-state index is 12.4. The van der Waals surface area contributed by atoms with E-state index in [2.05, 4.69) is 37.8 Å². The van der Waals surface area contributed by atoms with Crippen LogP contribution in [0.1, 0.15) is 11.1 Å². The number of pyridine rings is 1. The average molecular weight is 424 g/mol. The van der Waals surface area contributed by atoms with Crippen molar-refractivity contribution in [3.8, 4) is 0 Å². The maximum absolute atomic E-state index is 12.4. The molecule has 0 unspecified atom stereocenters. The van der Waals surface area contributed by atoms with E-state index in [-0.39, 0.29) is 12.1 Å². The third-order valence-corrected chi connectivity index (χ3v) is 5.66. The van der Waals surface area contributed by atoms with E-state index in [4.69, 9.17) is 0 Å². The monoisotopic (exact) mass is 423 g/mol. The smallest absolute Gasteiger partial charge is 0.319 e. The molecule has 3 N–H and O–H groups in total. The predicted octanol–water partition coefficient (Wildman–Crippen LogP) is 1.68. The molecule has 0 aliphatic carbocycles. The van der Waals surface area contributed by atoms with E-state index in [0.717, 1.165) is 43.1 Å². The molecule has 2 aromatic rings. The Kier molecular flexibility index (Phi) is 6.51. The van der Waals surface area contributed by atoms with Crippen molar-refractivity contribution in [1.29, 1.82) is 0 Å².